The SMILES string of the molecule is Cc1ccc(C=O)cc1.c1ccc(-c2cccc(-c3ccccc3)c2[O][Al]([O]c2c(-c3ccccc3)cccc2-c2ccccc2)[O]c2c(-c3ccccc3)cccc2-c2ccccc2)cc1. The first kappa shape index (κ1) is 44.0. The zero-order valence-electron chi connectivity index (χ0n) is 37.1. The Morgan fingerprint density at radius 3 is 0.716 bits per heavy atom. The first-order valence-corrected chi connectivity index (χ1v) is 23.8. The molecule has 0 unspecified atom stereocenters. The van der Waals surface area contributed by atoms with Crippen LogP contribution in [-0.2, 0) is 0 Å². The molecule has 0 atom stereocenters. The second kappa shape index (κ2) is 21.7. The molecule has 0 spiro atoms. The van der Waals surface area contributed by atoms with Crippen LogP contribution in [0.3, 0.4) is 0 Å². The van der Waals surface area contributed by atoms with Crippen molar-refractivity contribution in [3.05, 3.63) is 272 Å². The molecule has 5 heteroatoms. The third kappa shape index (κ3) is 10.7. The molecule has 67 heavy (non-hydrogen) atoms. The summed E-state index contributed by atoms with van der Waals surface area (Å²) in [6.45, 7) is 1.99. The van der Waals surface area contributed by atoms with E-state index >= 15 is 0 Å². The number of aldehydes is 1. The molecule has 0 aromatic heterocycles. The van der Waals surface area contributed by atoms with E-state index in [0.717, 1.165) is 78.6 Å². The van der Waals surface area contributed by atoms with Crippen molar-refractivity contribution < 1.29 is 16.2 Å². The normalized spacial score (nSPS) is 10.5. The number of benzene rings is 10. The summed E-state index contributed by atoms with van der Waals surface area (Å²) in [5.74, 6) is 2.11. The van der Waals surface area contributed by atoms with Gasteiger partial charge in [-0.15, -0.1) is 0 Å². The molecule has 0 radical (unpaired) electrons. The Morgan fingerprint density at radius 1 is 0.284 bits per heavy atom. The van der Waals surface area contributed by atoms with Crippen LogP contribution in [0.4, 0.5) is 0 Å². The third-order valence-electron chi connectivity index (χ3n) is 11.4. The standard InChI is InChI=1S/3C18H14O.C8H8O.Al/c3*19-18-16(14-8-3-1-4-9-14)12-7-13-17(18)15-10-5-2-6-11-15;1-7-2-4-8(6-9)5-3-7;/h3*1-13,19H;2-6H,1H3;/q;;;;+3/p-3. The molecule has 4 nitrogen and oxygen atoms in total. The summed E-state index contributed by atoms with van der Waals surface area (Å²) in [6.07, 6.45) is 0.847. The van der Waals surface area contributed by atoms with Gasteiger partial charge in [-0.25, -0.2) is 0 Å². The van der Waals surface area contributed by atoms with E-state index < -0.39 is 15.1 Å². The molecular weight excluding hydrogens is 836 g/mol. The lowest BCUT2D eigenvalue weighted by Crippen LogP contribution is -2.38. The van der Waals surface area contributed by atoms with Crippen molar-refractivity contribution in [2.45, 2.75) is 6.92 Å². The van der Waals surface area contributed by atoms with Crippen molar-refractivity contribution in [1.29, 1.82) is 0 Å². The Balaban J connectivity index is 0.000000562. The molecule has 322 valence electrons. The average molecular weight is 883 g/mol. The van der Waals surface area contributed by atoms with Crippen LogP contribution in [-0.4, -0.2) is 21.4 Å². The van der Waals surface area contributed by atoms with Gasteiger partial charge in [0.05, 0.1) is 0 Å². The minimum Gasteiger partial charge on any atom is -0.576 e. The fourth-order valence-electron chi connectivity index (χ4n) is 8.07. The Morgan fingerprint density at radius 2 is 0.507 bits per heavy atom. The number of rotatable bonds is 13. The first-order chi connectivity index (χ1) is 33.1. The van der Waals surface area contributed by atoms with Gasteiger partial charge in [0.15, 0.2) is 0 Å². The second-order valence-corrected chi connectivity index (χ2v) is 17.2. The largest absolute Gasteiger partial charge is 1.20 e. The maximum atomic E-state index is 10.1. The van der Waals surface area contributed by atoms with Gasteiger partial charge < -0.3 is 11.4 Å². The predicted octanol–water partition coefficient (Wildman–Crippen LogP) is 16.0. The minimum atomic E-state index is -3.32. The van der Waals surface area contributed by atoms with Crippen LogP contribution in [0.2, 0.25) is 0 Å². The van der Waals surface area contributed by atoms with Gasteiger partial charge in [0.2, 0.25) is 0 Å². The highest BCUT2D eigenvalue weighted by Gasteiger charge is 2.47. The zero-order valence-corrected chi connectivity index (χ0v) is 38.3. The molecule has 0 saturated heterocycles. The number of para-hydroxylation sites is 3. The summed E-state index contributed by atoms with van der Waals surface area (Å²) in [4.78, 5) is 10.1. The molecule has 0 bridgehead atoms. The number of aryl methyl sites for hydroxylation is 1. The summed E-state index contributed by atoms with van der Waals surface area (Å²) in [6, 6.07) is 88.7. The van der Waals surface area contributed by atoms with Crippen LogP contribution < -0.4 is 11.4 Å². The van der Waals surface area contributed by atoms with E-state index in [4.69, 9.17) is 11.4 Å². The maximum absolute atomic E-state index is 10.1. The molecule has 0 aliphatic carbocycles. The van der Waals surface area contributed by atoms with Gasteiger partial charge in [-0.1, -0.05) is 266 Å². The van der Waals surface area contributed by atoms with E-state index in [1.165, 1.54) is 5.56 Å². The van der Waals surface area contributed by atoms with Gasteiger partial charge in [0, 0.05) is 38.9 Å². The van der Waals surface area contributed by atoms with Crippen molar-refractivity contribution in [1.82, 2.24) is 0 Å². The molecule has 0 aliphatic heterocycles. The Kier molecular flexibility index (Phi) is 14.2. The lowest BCUT2D eigenvalue weighted by Gasteiger charge is -2.25. The van der Waals surface area contributed by atoms with Crippen LogP contribution in [0.5, 0.6) is 17.2 Å². The predicted molar refractivity (Wildman–Crippen MR) is 276 cm³/mol. The van der Waals surface area contributed by atoms with Crippen LogP contribution in [0.25, 0.3) is 66.8 Å². The number of carbonyl (C=O) groups excluding carboxylic acids is 1. The van der Waals surface area contributed by atoms with Gasteiger partial charge in [-0.05, 0) is 40.3 Å². The van der Waals surface area contributed by atoms with Crippen LogP contribution >= 0.6 is 0 Å². The average Bonchev–Trinajstić information content (AvgIpc) is 3.40. The van der Waals surface area contributed by atoms with Gasteiger partial charge in [0.25, 0.3) is 0 Å². The van der Waals surface area contributed by atoms with Crippen molar-refractivity contribution in [2.75, 3.05) is 0 Å². The van der Waals surface area contributed by atoms with Crippen LogP contribution in [0, 0.1) is 6.92 Å². The molecule has 0 aliphatic rings. The van der Waals surface area contributed by atoms with Crippen LogP contribution in [0.1, 0.15) is 15.9 Å². The van der Waals surface area contributed by atoms with Crippen molar-refractivity contribution in [3.8, 4) is 84.0 Å². The van der Waals surface area contributed by atoms with Crippen molar-refractivity contribution >= 4 is 21.4 Å². The molecule has 0 N–H and O–H groups in total. The highest BCUT2D eigenvalue weighted by Crippen LogP contribution is 2.45. The molecule has 10 aromatic carbocycles. The summed E-state index contributed by atoms with van der Waals surface area (Å²) in [5.41, 5.74) is 13.8. The first-order valence-electron chi connectivity index (χ1n) is 22.4. The van der Waals surface area contributed by atoms with Gasteiger partial charge in [0.1, 0.15) is 23.5 Å². The van der Waals surface area contributed by atoms with E-state index in [0.29, 0.717) is 17.2 Å². The summed E-state index contributed by atoms with van der Waals surface area (Å²) in [5, 5.41) is 0. The summed E-state index contributed by atoms with van der Waals surface area (Å²) in [7, 11) is 0. The molecule has 0 heterocycles. The lowest BCUT2D eigenvalue weighted by molar-refractivity contribution is 0.112. The third-order valence-corrected chi connectivity index (χ3v) is 12.7. The maximum Gasteiger partial charge on any atom is 1.20 e. The quantitative estimate of drug-likeness (QED) is 0.0855. The monoisotopic (exact) mass is 882 g/mol. The Bertz CT molecular complexity index is 2670. The molecule has 0 amide bonds. The minimum absolute atomic E-state index is 0.702. The van der Waals surface area contributed by atoms with Gasteiger partial charge in [-0.3, -0.25) is 4.79 Å². The van der Waals surface area contributed by atoms with Crippen molar-refractivity contribution in [2.24, 2.45) is 0 Å². The Hall–Kier alpha value is -8.20. The molecular formula is C62H47AlO4. The topological polar surface area (TPSA) is 44.8 Å². The van der Waals surface area contributed by atoms with E-state index in [2.05, 4.69) is 200 Å². The van der Waals surface area contributed by atoms with E-state index in [1.807, 2.05) is 67.6 Å². The van der Waals surface area contributed by atoms with Gasteiger partial charge in [-0.2, -0.15) is 0 Å². The van der Waals surface area contributed by atoms with E-state index in [9.17, 15) is 4.79 Å². The fraction of sp³-hybridized carbons (Fsp3) is 0.0161. The molecule has 10 aromatic rings. The summed E-state index contributed by atoms with van der Waals surface area (Å²) < 4.78 is 22.4. The fourth-order valence-corrected chi connectivity index (χ4v) is 9.55. The highest BCUT2D eigenvalue weighted by atomic mass is 27.3. The van der Waals surface area contributed by atoms with E-state index in [1.54, 1.807) is 0 Å². The van der Waals surface area contributed by atoms with Crippen LogP contribution in [0.15, 0.2) is 261 Å². The number of hydrogen-bond donors (Lipinski definition) is 0. The smallest absolute Gasteiger partial charge is 0.576 e. The summed E-state index contributed by atoms with van der Waals surface area (Å²) >= 11 is -3.32. The number of carbonyl (C=O) groups is 1. The van der Waals surface area contributed by atoms with Gasteiger partial charge >= 0.3 is 15.1 Å². The van der Waals surface area contributed by atoms with E-state index in [-0.39, 0.29) is 0 Å². The molecule has 0 fully saturated rings. The highest BCUT2D eigenvalue weighted by molar-refractivity contribution is 6.40. The van der Waals surface area contributed by atoms with Crippen molar-refractivity contribution in [3.63, 3.8) is 0 Å². The zero-order chi connectivity index (χ0) is 45.6. The lowest BCUT2D eigenvalue weighted by atomic mass is 9.97. The second-order valence-electron chi connectivity index (χ2n) is 15.9. The number of hydrogen-bond acceptors (Lipinski definition) is 4. The molecule has 10 rings (SSSR count). The molecule has 0 saturated carbocycles. The Labute approximate surface area is 398 Å².